The average molecular weight is 477 g/mol. The third kappa shape index (κ3) is 6.23. The van der Waals surface area contributed by atoms with Crippen LogP contribution in [0.15, 0.2) is 48.6 Å². The van der Waals surface area contributed by atoms with Crippen molar-refractivity contribution in [3.63, 3.8) is 0 Å². The van der Waals surface area contributed by atoms with Crippen molar-refractivity contribution in [3.05, 3.63) is 59.7 Å². The number of ether oxygens (including phenoxy) is 1. The lowest BCUT2D eigenvalue weighted by atomic mass is 10.1. The predicted molar refractivity (Wildman–Crippen MR) is 135 cm³/mol. The van der Waals surface area contributed by atoms with E-state index < -0.39 is 0 Å². The van der Waals surface area contributed by atoms with E-state index in [1.54, 1.807) is 48.6 Å². The third-order valence-electron chi connectivity index (χ3n) is 6.43. The van der Waals surface area contributed by atoms with E-state index >= 15 is 0 Å². The number of benzene rings is 2. The molecule has 0 bridgehead atoms. The summed E-state index contributed by atoms with van der Waals surface area (Å²) in [6.07, 6.45) is 12.4. The molecule has 2 aliphatic rings. The molecule has 2 aliphatic heterocycles. The normalized spacial score (nSPS) is 16.7. The average Bonchev–Trinajstić information content (AvgIpc) is 2.90. The second-order valence-electron chi connectivity index (χ2n) is 8.93. The number of carbonyl (C=O) groups excluding carboxylic acids is 2. The lowest BCUT2D eigenvalue weighted by Gasteiger charge is -2.25. The van der Waals surface area contributed by atoms with Crippen LogP contribution in [-0.2, 0) is 9.59 Å². The maximum atomic E-state index is 12.4. The number of rotatable bonds is 6. The van der Waals surface area contributed by atoms with Crippen molar-refractivity contribution in [3.8, 4) is 23.0 Å². The first-order valence-corrected chi connectivity index (χ1v) is 12.3. The number of hydrogen-bond acceptors (Lipinski definition) is 5. The minimum Gasteiger partial charge on any atom is -0.504 e. The summed E-state index contributed by atoms with van der Waals surface area (Å²) in [7, 11) is 0. The van der Waals surface area contributed by atoms with Crippen LogP contribution >= 0.6 is 0 Å². The predicted octanol–water partition coefficient (Wildman–Crippen LogP) is 4.94. The maximum Gasteiger partial charge on any atom is 0.246 e. The van der Waals surface area contributed by atoms with Crippen molar-refractivity contribution in [1.29, 1.82) is 0 Å². The van der Waals surface area contributed by atoms with Crippen LogP contribution < -0.4 is 4.74 Å². The molecule has 2 saturated heterocycles. The number of amides is 2. The zero-order valence-corrected chi connectivity index (χ0v) is 19.9. The van der Waals surface area contributed by atoms with Gasteiger partial charge in [0.2, 0.25) is 11.8 Å². The van der Waals surface area contributed by atoms with Gasteiger partial charge in [0.1, 0.15) is 0 Å². The number of likely N-dealkylation sites (tertiary alicyclic amines) is 2. The van der Waals surface area contributed by atoms with Gasteiger partial charge in [-0.15, -0.1) is 0 Å². The molecular formula is C28H32N2O5. The Morgan fingerprint density at radius 1 is 0.657 bits per heavy atom. The highest BCUT2D eigenvalue weighted by Crippen LogP contribution is 2.39. The first-order chi connectivity index (χ1) is 17.0. The summed E-state index contributed by atoms with van der Waals surface area (Å²) < 4.78 is 5.81. The third-order valence-corrected chi connectivity index (χ3v) is 6.43. The van der Waals surface area contributed by atoms with Crippen LogP contribution in [-0.4, -0.2) is 58.0 Å². The zero-order valence-electron chi connectivity index (χ0n) is 19.9. The van der Waals surface area contributed by atoms with Crippen molar-refractivity contribution < 1.29 is 24.5 Å². The second kappa shape index (κ2) is 11.6. The van der Waals surface area contributed by atoms with E-state index in [-0.39, 0.29) is 34.8 Å². The molecule has 2 fully saturated rings. The summed E-state index contributed by atoms with van der Waals surface area (Å²) >= 11 is 0. The number of carbonyl (C=O) groups is 2. The number of para-hydroxylation sites is 2. The molecule has 2 heterocycles. The molecule has 0 saturated carbocycles. The number of phenols is 2. The molecule has 2 N–H and O–H groups in total. The monoisotopic (exact) mass is 476 g/mol. The van der Waals surface area contributed by atoms with Crippen LogP contribution in [0.25, 0.3) is 12.2 Å². The van der Waals surface area contributed by atoms with Gasteiger partial charge in [-0.05, 0) is 62.8 Å². The van der Waals surface area contributed by atoms with E-state index in [0.717, 1.165) is 64.7 Å². The van der Waals surface area contributed by atoms with E-state index in [9.17, 15) is 19.8 Å². The van der Waals surface area contributed by atoms with Crippen molar-refractivity contribution in [2.45, 2.75) is 38.5 Å². The molecule has 0 aliphatic carbocycles. The number of hydrogen-bond donors (Lipinski definition) is 2. The molecule has 2 aromatic carbocycles. The molecule has 0 spiro atoms. The van der Waals surface area contributed by atoms with Gasteiger partial charge in [0.25, 0.3) is 0 Å². The molecule has 7 nitrogen and oxygen atoms in total. The topological polar surface area (TPSA) is 90.3 Å². The Balaban J connectivity index is 1.46. The van der Waals surface area contributed by atoms with Gasteiger partial charge in [0.15, 0.2) is 23.0 Å². The quantitative estimate of drug-likeness (QED) is 0.577. The molecule has 2 aromatic rings. The van der Waals surface area contributed by atoms with Crippen molar-refractivity contribution in [1.82, 2.24) is 9.80 Å². The van der Waals surface area contributed by atoms with E-state index in [1.165, 1.54) is 12.2 Å². The second-order valence-corrected chi connectivity index (χ2v) is 8.93. The standard InChI is InChI=1S/C28H32N2O5/c31-25(29-17-3-1-4-18-29)15-13-21-9-7-11-23(27(21)33)35-24-12-8-10-22(28(24)34)14-16-26(32)30-19-5-2-6-20-30/h7-16,33-34H,1-6,17-20H2. The van der Waals surface area contributed by atoms with Gasteiger partial charge in [-0.1, -0.05) is 24.3 Å². The Morgan fingerprint density at radius 3 is 1.46 bits per heavy atom. The van der Waals surface area contributed by atoms with Gasteiger partial charge >= 0.3 is 0 Å². The Hall–Kier alpha value is -3.74. The van der Waals surface area contributed by atoms with Crippen LogP contribution in [0.2, 0.25) is 0 Å². The SMILES string of the molecule is O=C(C=Cc1cccc(Oc2cccc(C=CC(=O)N3CCCCC3)c2O)c1O)N1CCCCC1. The Bertz CT molecular complexity index is 1020. The number of phenolic OH excluding ortho intramolecular Hbond substituents is 2. The minimum atomic E-state index is -0.129. The summed E-state index contributed by atoms with van der Waals surface area (Å²) in [6.45, 7) is 3.02. The van der Waals surface area contributed by atoms with Crippen LogP contribution in [0.5, 0.6) is 23.0 Å². The molecule has 0 unspecified atom stereocenters. The summed E-state index contributed by atoms with van der Waals surface area (Å²) in [4.78, 5) is 28.4. The van der Waals surface area contributed by atoms with E-state index in [2.05, 4.69) is 0 Å². The van der Waals surface area contributed by atoms with Crippen LogP contribution in [0.3, 0.4) is 0 Å². The summed E-state index contributed by atoms with van der Waals surface area (Å²) in [5, 5.41) is 21.4. The van der Waals surface area contributed by atoms with Crippen molar-refractivity contribution >= 4 is 24.0 Å². The Kier molecular flexibility index (Phi) is 8.08. The smallest absolute Gasteiger partial charge is 0.246 e. The van der Waals surface area contributed by atoms with Gasteiger partial charge < -0.3 is 24.7 Å². The molecular weight excluding hydrogens is 444 g/mol. The minimum absolute atomic E-state index is 0.0772. The van der Waals surface area contributed by atoms with Crippen LogP contribution in [0.1, 0.15) is 49.7 Å². The molecule has 2 amide bonds. The van der Waals surface area contributed by atoms with Crippen molar-refractivity contribution in [2.24, 2.45) is 0 Å². The van der Waals surface area contributed by atoms with Gasteiger partial charge in [-0.3, -0.25) is 9.59 Å². The number of aromatic hydroxyl groups is 2. The van der Waals surface area contributed by atoms with Gasteiger partial charge in [-0.25, -0.2) is 0 Å². The van der Waals surface area contributed by atoms with Crippen molar-refractivity contribution in [2.75, 3.05) is 26.2 Å². The highest BCUT2D eigenvalue weighted by Gasteiger charge is 2.16. The van der Waals surface area contributed by atoms with E-state index in [1.807, 2.05) is 9.80 Å². The molecule has 35 heavy (non-hydrogen) atoms. The molecule has 0 aromatic heterocycles. The zero-order chi connectivity index (χ0) is 24.6. The van der Waals surface area contributed by atoms with Gasteiger partial charge in [-0.2, -0.15) is 0 Å². The molecule has 0 atom stereocenters. The number of piperidine rings is 2. The molecule has 184 valence electrons. The highest BCUT2D eigenvalue weighted by molar-refractivity contribution is 5.93. The van der Waals surface area contributed by atoms with E-state index in [4.69, 9.17) is 4.74 Å². The lowest BCUT2D eigenvalue weighted by molar-refractivity contribution is -0.127. The number of nitrogens with zero attached hydrogens (tertiary/aromatic N) is 2. The van der Waals surface area contributed by atoms with Crippen LogP contribution in [0.4, 0.5) is 0 Å². The molecule has 7 heteroatoms. The maximum absolute atomic E-state index is 12.4. The van der Waals surface area contributed by atoms with Crippen LogP contribution in [0, 0.1) is 0 Å². The van der Waals surface area contributed by atoms with Gasteiger partial charge in [0, 0.05) is 49.5 Å². The fourth-order valence-corrected chi connectivity index (χ4v) is 4.39. The first-order valence-electron chi connectivity index (χ1n) is 12.3. The molecule has 0 radical (unpaired) electrons. The Labute approximate surface area is 205 Å². The fraction of sp³-hybridized carbons (Fsp3) is 0.357. The lowest BCUT2D eigenvalue weighted by Crippen LogP contribution is -2.34. The first kappa shape index (κ1) is 24.4. The Morgan fingerprint density at radius 2 is 1.06 bits per heavy atom. The van der Waals surface area contributed by atoms with Gasteiger partial charge in [0.05, 0.1) is 0 Å². The largest absolute Gasteiger partial charge is 0.504 e. The summed E-state index contributed by atoms with van der Waals surface area (Å²) in [6, 6.07) is 9.96. The highest BCUT2D eigenvalue weighted by atomic mass is 16.5. The fourth-order valence-electron chi connectivity index (χ4n) is 4.39. The van der Waals surface area contributed by atoms with E-state index in [0.29, 0.717) is 11.1 Å². The summed E-state index contributed by atoms with van der Waals surface area (Å²) in [5.74, 6) is -0.110. The summed E-state index contributed by atoms with van der Waals surface area (Å²) in [5.41, 5.74) is 0.881. The molecule has 4 rings (SSSR count).